The normalized spacial score (nSPS) is 21.7. The average molecular weight is 447 g/mol. The molecular weight excluding hydrogens is 420 g/mol. The lowest BCUT2D eigenvalue weighted by atomic mass is 10.0. The molecule has 4 N–H and O–H groups in total. The third-order valence-electron chi connectivity index (χ3n) is 6.12. The van der Waals surface area contributed by atoms with Gasteiger partial charge < -0.3 is 15.4 Å². The number of hydrogen-bond donors (Lipinski definition) is 4. The van der Waals surface area contributed by atoms with Crippen molar-refractivity contribution in [1.82, 2.24) is 20.4 Å². The molecule has 2 aromatic carbocycles. The maximum Gasteiger partial charge on any atom is 0.324 e. The fourth-order valence-electron chi connectivity index (χ4n) is 4.51. The van der Waals surface area contributed by atoms with Crippen molar-refractivity contribution in [2.75, 3.05) is 17.7 Å². The van der Waals surface area contributed by atoms with Gasteiger partial charge in [0.1, 0.15) is 11.6 Å². The number of fused-ring (bicyclic) bond motifs is 1. The molecule has 1 saturated carbocycles. The van der Waals surface area contributed by atoms with Crippen LogP contribution < -0.4 is 26.0 Å². The second-order valence-electron chi connectivity index (χ2n) is 8.26. The van der Waals surface area contributed by atoms with E-state index in [1.54, 1.807) is 42.1 Å². The molecule has 2 aliphatic rings. The zero-order valence-electron chi connectivity index (χ0n) is 18.2. The maximum absolute atomic E-state index is 12.8. The number of benzene rings is 2. The number of ether oxygens (including phenoxy) is 1. The van der Waals surface area contributed by atoms with Crippen LogP contribution in [0.2, 0.25) is 0 Å². The molecule has 1 aliphatic carbocycles. The van der Waals surface area contributed by atoms with E-state index in [-0.39, 0.29) is 17.9 Å². The van der Waals surface area contributed by atoms with Crippen molar-refractivity contribution in [3.63, 3.8) is 0 Å². The molecule has 1 aliphatic heterocycles. The first-order valence-electron chi connectivity index (χ1n) is 11.0. The van der Waals surface area contributed by atoms with Crippen LogP contribution in [0.1, 0.15) is 25.6 Å². The Bertz CT molecular complexity index is 1160. The first-order chi connectivity index (χ1) is 16.1. The Morgan fingerprint density at radius 2 is 1.94 bits per heavy atom. The minimum Gasteiger partial charge on any atom is -0.497 e. The Kier molecular flexibility index (Phi) is 5.70. The summed E-state index contributed by atoms with van der Waals surface area (Å²) >= 11 is 0. The van der Waals surface area contributed by atoms with Gasteiger partial charge in [-0.1, -0.05) is 42.8 Å². The monoisotopic (exact) mass is 446 g/mol. The second-order valence-corrected chi connectivity index (χ2v) is 8.26. The fraction of sp³-hybridized carbons (Fsp3) is 0.292. The molecular formula is C24H26N6O3. The summed E-state index contributed by atoms with van der Waals surface area (Å²) in [7, 11) is 1.57. The van der Waals surface area contributed by atoms with Crippen LogP contribution in [-0.4, -0.2) is 34.9 Å². The van der Waals surface area contributed by atoms with Crippen molar-refractivity contribution >= 4 is 23.4 Å². The molecule has 9 heteroatoms. The van der Waals surface area contributed by atoms with Gasteiger partial charge in [0, 0.05) is 29.4 Å². The van der Waals surface area contributed by atoms with Gasteiger partial charge in [-0.3, -0.25) is 15.4 Å². The second kappa shape index (κ2) is 8.95. The SMILES string of the molecule is COc1cccc(NC(=O)Nc2cc(-c3ccccc3)nn2C2NC(=O)C3CCCC3N2)c1. The van der Waals surface area contributed by atoms with Crippen LogP contribution in [0.15, 0.2) is 60.7 Å². The van der Waals surface area contributed by atoms with Gasteiger partial charge in [-0.2, -0.15) is 5.10 Å². The molecule has 2 heterocycles. The van der Waals surface area contributed by atoms with Crippen molar-refractivity contribution in [1.29, 1.82) is 0 Å². The highest BCUT2D eigenvalue weighted by atomic mass is 16.5. The molecule has 3 atom stereocenters. The number of urea groups is 1. The van der Waals surface area contributed by atoms with Gasteiger partial charge in [0.25, 0.3) is 0 Å². The van der Waals surface area contributed by atoms with E-state index in [1.165, 1.54) is 0 Å². The first kappa shape index (κ1) is 21.0. The van der Waals surface area contributed by atoms with Crippen molar-refractivity contribution < 1.29 is 14.3 Å². The number of aromatic nitrogens is 2. The average Bonchev–Trinajstić information content (AvgIpc) is 3.47. The summed E-state index contributed by atoms with van der Waals surface area (Å²) in [5.74, 6) is 1.11. The van der Waals surface area contributed by atoms with E-state index in [9.17, 15) is 9.59 Å². The summed E-state index contributed by atoms with van der Waals surface area (Å²) in [6, 6.07) is 18.3. The minimum atomic E-state index is -0.554. The van der Waals surface area contributed by atoms with Crippen LogP contribution in [0.4, 0.5) is 16.3 Å². The smallest absolute Gasteiger partial charge is 0.324 e. The number of nitrogens with zero attached hydrogens (tertiary/aromatic N) is 2. The van der Waals surface area contributed by atoms with E-state index >= 15 is 0 Å². The molecule has 5 rings (SSSR count). The molecule has 3 aromatic rings. The van der Waals surface area contributed by atoms with E-state index < -0.39 is 12.3 Å². The third kappa shape index (κ3) is 4.40. The van der Waals surface area contributed by atoms with Gasteiger partial charge >= 0.3 is 6.03 Å². The Morgan fingerprint density at radius 1 is 1.09 bits per heavy atom. The van der Waals surface area contributed by atoms with Crippen molar-refractivity contribution in [3.8, 4) is 17.0 Å². The van der Waals surface area contributed by atoms with E-state index in [0.29, 0.717) is 22.9 Å². The van der Waals surface area contributed by atoms with Crippen molar-refractivity contribution in [2.24, 2.45) is 5.92 Å². The van der Waals surface area contributed by atoms with Gasteiger partial charge in [-0.25, -0.2) is 9.48 Å². The van der Waals surface area contributed by atoms with Crippen LogP contribution in [0.25, 0.3) is 11.3 Å². The van der Waals surface area contributed by atoms with Gasteiger partial charge in [0.15, 0.2) is 6.29 Å². The van der Waals surface area contributed by atoms with Crippen LogP contribution in [-0.2, 0) is 4.79 Å². The molecule has 3 unspecified atom stereocenters. The van der Waals surface area contributed by atoms with Crippen LogP contribution >= 0.6 is 0 Å². The summed E-state index contributed by atoms with van der Waals surface area (Å²) in [5.41, 5.74) is 2.20. The van der Waals surface area contributed by atoms with Crippen LogP contribution in [0.3, 0.4) is 0 Å². The largest absolute Gasteiger partial charge is 0.497 e. The predicted molar refractivity (Wildman–Crippen MR) is 125 cm³/mol. The summed E-state index contributed by atoms with van der Waals surface area (Å²) in [6.07, 6.45) is 2.30. The summed E-state index contributed by atoms with van der Waals surface area (Å²) in [6.45, 7) is 0. The summed E-state index contributed by atoms with van der Waals surface area (Å²) in [4.78, 5) is 25.5. The Labute approximate surface area is 191 Å². The molecule has 1 saturated heterocycles. The lowest BCUT2D eigenvalue weighted by Crippen LogP contribution is -2.57. The number of hydrogen-bond acceptors (Lipinski definition) is 5. The number of nitrogens with one attached hydrogen (secondary N) is 4. The Hall–Kier alpha value is -3.85. The number of amides is 3. The van der Waals surface area contributed by atoms with E-state index in [0.717, 1.165) is 24.8 Å². The molecule has 3 amide bonds. The Balaban J connectivity index is 1.42. The number of rotatable bonds is 5. The number of carbonyl (C=O) groups is 2. The summed E-state index contributed by atoms with van der Waals surface area (Å²) < 4.78 is 6.84. The van der Waals surface area contributed by atoms with Crippen LogP contribution in [0.5, 0.6) is 5.75 Å². The standard InChI is InChI=1S/C24H26N6O3/c1-33-17-10-5-9-16(13-17)25-24(32)27-21-14-20(15-7-3-2-4-8-15)29-30(21)23-26-19-12-6-11-18(19)22(31)28-23/h2-5,7-10,13-14,18-19,23,26H,6,11-12H2,1H3,(H,28,31)(H2,25,27,32). The number of anilines is 2. The molecule has 0 radical (unpaired) electrons. The molecule has 9 nitrogen and oxygen atoms in total. The van der Waals surface area contributed by atoms with Crippen LogP contribution in [0, 0.1) is 5.92 Å². The third-order valence-corrected chi connectivity index (χ3v) is 6.12. The topological polar surface area (TPSA) is 109 Å². The fourth-order valence-corrected chi connectivity index (χ4v) is 4.51. The highest BCUT2D eigenvalue weighted by Crippen LogP contribution is 2.32. The van der Waals surface area contributed by atoms with E-state index in [4.69, 9.17) is 9.84 Å². The first-order valence-corrected chi connectivity index (χ1v) is 11.0. The van der Waals surface area contributed by atoms with Gasteiger partial charge in [-0.15, -0.1) is 0 Å². The van der Waals surface area contributed by atoms with E-state index in [2.05, 4.69) is 21.3 Å². The minimum absolute atomic E-state index is 0.0156. The zero-order valence-corrected chi connectivity index (χ0v) is 18.2. The van der Waals surface area contributed by atoms with Gasteiger partial charge in [0.2, 0.25) is 5.91 Å². The van der Waals surface area contributed by atoms with Gasteiger partial charge in [-0.05, 0) is 25.0 Å². The highest BCUT2D eigenvalue weighted by Gasteiger charge is 2.40. The van der Waals surface area contributed by atoms with E-state index in [1.807, 2.05) is 30.3 Å². The lowest BCUT2D eigenvalue weighted by molar-refractivity contribution is -0.130. The molecule has 0 spiro atoms. The van der Waals surface area contributed by atoms with Crippen molar-refractivity contribution in [3.05, 3.63) is 60.7 Å². The summed E-state index contributed by atoms with van der Waals surface area (Å²) in [5, 5.41) is 16.9. The Morgan fingerprint density at radius 3 is 2.76 bits per heavy atom. The number of methoxy groups -OCH3 is 1. The maximum atomic E-state index is 12.8. The zero-order chi connectivity index (χ0) is 22.8. The number of carbonyl (C=O) groups excluding carboxylic acids is 2. The quantitative estimate of drug-likeness (QED) is 0.479. The highest BCUT2D eigenvalue weighted by molar-refractivity contribution is 5.99. The molecule has 2 fully saturated rings. The molecule has 170 valence electrons. The molecule has 33 heavy (non-hydrogen) atoms. The van der Waals surface area contributed by atoms with Gasteiger partial charge in [0.05, 0.1) is 18.7 Å². The lowest BCUT2D eigenvalue weighted by Gasteiger charge is -2.34. The van der Waals surface area contributed by atoms with Crippen molar-refractivity contribution in [2.45, 2.75) is 31.6 Å². The molecule has 0 bridgehead atoms. The predicted octanol–water partition coefficient (Wildman–Crippen LogP) is 3.55. The molecule has 1 aromatic heterocycles.